The second-order valence-electron chi connectivity index (χ2n) is 5.48. The van der Waals surface area contributed by atoms with Crippen LogP contribution in [0.5, 0.6) is 5.75 Å². The summed E-state index contributed by atoms with van der Waals surface area (Å²) in [5.41, 5.74) is 3.29. The number of ether oxygens (including phenoxy) is 1. The Morgan fingerprint density at radius 3 is 2.60 bits per heavy atom. The van der Waals surface area contributed by atoms with Gasteiger partial charge in [-0.25, -0.2) is 0 Å². The van der Waals surface area contributed by atoms with Crippen molar-refractivity contribution in [3.8, 4) is 16.9 Å². The number of carbonyl (C=O) groups excluding carboxylic acids is 1. The molecule has 1 heterocycles. The molecule has 25 heavy (non-hydrogen) atoms. The number of nitrogens with zero attached hydrogens (tertiary/aromatic N) is 1. The molecule has 0 bridgehead atoms. The number of aromatic nitrogens is 2. The summed E-state index contributed by atoms with van der Waals surface area (Å²) in [6.07, 6.45) is 0. The minimum atomic E-state index is -0.240. The van der Waals surface area contributed by atoms with Crippen LogP contribution in [0.15, 0.2) is 59.1 Å². The molecule has 0 radical (unpaired) electrons. The highest BCUT2D eigenvalue weighted by Gasteiger charge is 2.15. The van der Waals surface area contributed by atoms with Crippen LogP contribution in [0.1, 0.15) is 16.2 Å². The minimum absolute atomic E-state index is 0.240. The van der Waals surface area contributed by atoms with Crippen molar-refractivity contribution >= 4 is 21.8 Å². The molecule has 0 unspecified atom stereocenters. The number of hydrogen-bond donors (Lipinski definition) is 2. The summed E-state index contributed by atoms with van der Waals surface area (Å²) in [4.78, 5) is 12.1. The van der Waals surface area contributed by atoms with Crippen molar-refractivity contribution in [1.82, 2.24) is 15.5 Å². The molecule has 0 aliphatic carbocycles. The van der Waals surface area contributed by atoms with Gasteiger partial charge in [-0.2, -0.15) is 5.10 Å². The number of rotatable bonds is 6. The molecule has 0 atom stereocenters. The Morgan fingerprint density at radius 1 is 1.16 bits per heavy atom. The molecular weight excluding hydrogens is 382 g/mol. The lowest BCUT2D eigenvalue weighted by Crippen LogP contribution is -2.28. The zero-order valence-electron chi connectivity index (χ0n) is 13.8. The van der Waals surface area contributed by atoms with Crippen LogP contribution in [0.3, 0.4) is 0 Å². The van der Waals surface area contributed by atoms with Gasteiger partial charge in [-0.3, -0.25) is 9.89 Å². The molecule has 2 N–H and O–H groups in total. The van der Waals surface area contributed by atoms with Crippen molar-refractivity contribution in [2.45, 2.75) is 6.92 Å². The van der Waals surface area contributed by atoms with Gasteiger partial charge in [0.05, 0.1) is 11.0 Å². The minimum Gasteiger partial charge on any atom is -0.491 e. The van der Waals surface area contributed by atoms with E-state index < -0.39 is 0 Å². The summed E-state index contributed by atoms with van der Waals surface area (Å²) in [7, 11) is 0. The van der Waals surface area contributed by atoms with E-state index in [9.17, 15) is 4.79 Å². The van der Waals surface area contributed by atoms with Gasteiger partial charge in [0, 0.05) is 11.3 Å². The Bertz CT molecular complexity index is 862. The van der Waals surface area contributed by atoms with Crippen LogP contribution in [0.2, 0.25) is 0 Å². The molecule has 1 aromatic heterocycles. The van der Waals surface area contributed by atoms with Crippen molar-refractivity contribution in [3.05, 3.63) is 70.5 Å². The van der Waals surface area contributed by atoms with E-state index in [0.717, 1.165) is 22.6 Å². The van der Waals surface area contributed by atoms with Gasteiger partial charge in [0.1, 0.15) is 12.4 Å². The molecule has 0 spiro atoms. The smallest absolute Gasteiger partial charge is 0.273 e. The lowest BCUT2D eigenvalue weighted by Gasteiger charge is -2.12. The summed E-state index contributed by atoms with van der Waals surface area (Å²) in [5.74, 6) is 0.552. The van der Waals surface area contributed by atoms with Gasteiger partial charge in [0.15, 0.2) is 5.69 Å². The van der Waals surface area contributed by atoms with Gasteiger partial charge in [-0.05, 0) is 34.5 Å². The molecule has 0 fully saturated rings. The zero-order chi connectivity index (χ0) is 17.6. The maximum absolute atomic E-state index is 12.1. The summed E-state index contributed by atoms with van der Waals surface area (Å²) in [5, 5.41) is 9.56. The molecule has 5 nitrogen and oxygen atoms in total. The number of halogens is 1. The number of nitrogens with one attached hydrogen (secondary N) is 2. The van der Waals surface area contributed by atoms with Crippen LogP contribution in [-0.2, 0) is 0 Å². The second kappa shape index (κ2) is 7.98. The van der Waals surface area contributed by atoms with E-state index in [1.807, 2.05) is 61.5 Å². The number of hydrogen-bond acceptors (Lipinski definition) is 3. The van der Waals surface area contributed by atoms with Gasteiger partial charge in [0.2, 0.25) is 0 Å². The van der Waals surface area contributed by atoms with Gasteiger partial charge < -0.3 is 10.1 Å². The van der Waals surface area contributed by atoms with Gasteiger partial charge in [0.25, 0.3) is 5.91 Å². The molecule has 2 aromatic carbocycles. The van der Waals surface area contributed by atoms with E-state index in [2.05, 4.69) is 31.4 Å². The first-order chi connectivity index (χ1) is 12.2. The monoisotopic (exact) mass is 399 g/mol. The van der Waals surface area contributed by atoms with E-state index in [4.69, 9.17) is 4.74 Å². The maximum Gasteiger partial charge on any atom is 0.273 e. The van der Waals surface area contributed by atoms with E-state index in [1.54, 1.807) is 0 Å². The second-order valence-corrected chi connectivity index (χ2v) is 6.27. The molecule has 0 aliphatic rings. The maximum atomic E-state index is 12.1. The van der Waals surface area contributed by atoms with Crippen molar-refractivity contribution in [3.63, 3.8) is 0 Å². The third-order valence-electron chi connectivity index (χ3n) is 3.70. The molecule has 0 saturated heterocycles. The Morgan fingerprint density at radius 2 is 1.88 bits per heavy atom. The van der Waals surface area contributed by atoms with E-state index in [-0.39, 0.29) is 5.91 Å². The molecule has 1 amide bonds. The third kappa shape index (κ3) is 4.09. The zero-order valence-corrected chi connectivity index (χ0v) is 15.3. The topological polar surface area (TPSA) is 67.0 Å². The van der Waals surface area contributed by atoms with Crippen molar-refractivity contribution in [2.24, 2.45) is 0 Å². The first-order valence-corrected chi connectivity index (χ1v) is 8.72. The summed E-state index contributed by atoms with van der Waals surface area (Å²) < 4.78 is 6.54. The highest BCUT2D eigenvalue weighted by Crippen LogP contribution is 2.29. The lowest BCUT2D eigenvalue weighted by atomic mass is 10.1. The molecule has 0 aliphatic heterocycles. The number of para-hydroxylation sites is 1. The number of amides is 1. The molecule has 3 aromatic rings. The predicted molar refractivity (Wildman–Crippen MR) is 101 cm³/mol. The normalized spacial score (nSPS) is 10.5. The van der Waals surface area contributed by atoms with Crippen LogP contribution < -0.4 is 10.1 Å². The third-order valence-corrected chi connectivity index (χ3v) is 4.67. The van der Waals surface area contributed by atoms with Gasteiger partial charge in [-0.1, -0.05) is 48.5 Å². The number of carbonyl (C=O) groups is 1. The van der Waals surface area contributed by atoms with Crippen LogP contribution >= 0.6 is 15.9 Å². The largest absolute Gasteiger partial charge is 0.491 e. The Hall–Kier alpha value is -2.60. The molecule has 6 heteroatoms. The van der Waals surface area contributed by atoms with Crippen molar-refractivity contribution in [2.75, 3.05) is 13.2 Å². The van der Waals surface area contributed by atoms with E-state index in [1.165, 1.54) is 0 Å². The SMILES string of the molecule is Cc1[nH]nc(C(=O)NCCOc2ccccc2-c2ccccc2)c1Br. The van der Waals surface area contributed by atoms with Crippen LogP contribution in [0, 0.1) is 6.92 Å². The first kappa shape index (κ1) is 17.2. The number of H-pyrrole nitrogens is 1. The van der Waals surface area contributed by atoms with Crippen LogP contribution in [0.25, 0.3) is 11.1 Å². The van der Waals surface area contributed by atoms with Crippen molar-refractivity contribution in [1.29, 1.82) is 0 Å². The van der Waals surface area contributed by atoms with Gasteiger partial charge in [-0.15, -0.1) is 0 Å². The average Bonchev–Trinajstić information content (AvgIpc) is 2.99. The quantitative estimate of drug-likeness (QED) is 0.616. The first-order valence-electron chi connectivity index (χ1n) is 7.92. The molecule has 3 rings (SSSR count). The fraction of sp³-hybridized carbons (Fsp3) is 0.158. The van der Waals surface area contributed by atoms with Crippen molar-refractivity contribution < 1.29 is 9.53 Å². The highest BCUT2D eigenvalue weighted by molar-refractivity contribution is 9.10. The fourth-order valence-corrected chi connectivity index (χ4v) is 2.78. The lowest BCUT2D eigenvalue weighted by molar-refractivity contribution is 0.0941. The summed E-state index contributed by atoms with van der Waals surface area (Å²) in [6.45, 7) is 2.61. The highest BCUT2D eigenvalue weighted by atomic mass is 79.9. The fourth-order valence-electron chi connectivity index (χ4n) is 2.42. The predicted octanol–water partition coefficient (Wildman–Crippen LogP) is 3.96. The average molecular weight is 400 g/mol. The number of benzene rings is 2. The van der Waals surface area contributed by atoms with Gasteiger partial charge >= 0.3 is 0 Å². The number of aryl methyl sites for hydroxylation is 1. The van der Waals surface area contributed by atoms with Crippen LogP contribution in [0.4, 0.5) is 0 Å². The Balaban J connectivity index is 1.58. The molecule has 0 saturated carbocycles. The van der Waals surface area contributed by atoms with Crippen LogP contribution in [-0.4, -0.2) is 29.3 Å². The Kier molecular flexibility index (Phi) is 5.50. The summed E-state index contributed by atoms with van der Waals surface area (Å²) in [6, 6.07) is 17.9. The van der Waals surface area contributed by atoms with E-state index >= 15 is 0 Å². The Labute approximate surface area is 154 Å². The molecular formula is C19H18BrN3O2. The number of aromatic amines is 1. The van der Waals surface area contributed by atoms with E-state index in [0.29, 0.717) is 23.3 Å². The summed E-state index contributed by atoms with van der Waals surface area (Å²) >= 11 is 3.35. The standard InChI is InChI=1S/C19H18BrN3O2/c1-13-17(20)18(23-22-13)19(24)21-11-12-25-16-10-6-5-9-15(16)14-7-3-2-4-8-14/h2-10H,11-12H2,1H3,(H,21,24)(H,22,23). The molecule has 128 valence electrons.